The summed E-state index contributed by atoms with van der Waals surface area (Å²) in [6.07, 6.45) is 9.04. The van der Waals surface area contributed by atoms with E-state index in [1.807, 2.05) is 13.8 Å². The van der Waals surface area contributed by atoms with Crippen LogP contribution in [0.2, 0.25) is 0 Å². The third kappa shape index (κ3) is 28.1. The molecule has 0 aromatic carbocycles. The van der Waals surface area contributed by atoms with Crippen LogP contribution in [0.4, 0.5) is 0 Å². The molecule has 0 aromatic rings. The van der Waals surface area contributed by atoms with Crippen LogP contribution in [0.1, 0.15) is 79.1 Å². The van der Waals surface area contributed by atoms with Gasteiger partial charge in [-0.3, -0.25) is 0 Å². The average Bonchev–Trinajstić information content (AvgIpc) is 2.53. The Hall–Kier alpha value is 3.97. The smallest absolute Gasteiger partial charge is 0.854 e. The number of unbranched alkanes of at least 4 members (excludes halogenated alkanes) is 6. The summed E-state index contributed by atoms with van der Waals surface area (Å²) in [7, 11) is -1.07. The van der Waals surface area contributed by atoms with Crippen LogP contribution in [-0.4, -0.2) is 23.0 Å². The molecule has 0 aromatic heterocycles. The van der Waals surface area contributed by atoms with Gasteiger partial charge in [-0.05, 0) is 35.9 Å². The maximum Gasteiger partial charge on any atom is 2.00 e. The fourth-order valence-electron chi connectivity index (χ4n) is 2.22. The Morgan fingerprint density at radius 3 is 1.00 bits per heavy atom. The summed E-state index contributed by atoms with van der Waals surface area (Å²) in [5.74, 6) is 2.94. The van der Waals surface area contributed by atoms with Crippen molar-refractivity contribution in [3.63, 3.8) is 0 Å². The molecular weight excluding hydrogens is 643 g/mol. The minimum absolute atomic E-state index is 0. The van der Waals surface area contributed by atoms with Crippen LogP contribution in [-0.2, 0) is 103 Å². The van der Waals surface area contributed by atoms with Crippen molar-refractivity contribution in [2.24, 2.45) is 0 Å². The van der Waals surface area contributed by atoms with Crippen molar-refractivity contribution in [1.82, 2.24) is 0 Å². The molecule has 0 bridgehead atoms. The van der Waals surface area contributed by atoms with Gasteiger partial charge in [0, 0.05) is 0 Å². The molecule has 0 saturated carbocycles. The van der Waals surface area contributed by atoms with E-state index in [1.165, 1.54) is 25.7 Å². The first-order valence-corrected chi connectivity index (χ1v) is 19.1. The van der Waals surface area contributed by atoms with Gasteiger partial charge in [-0.1, -0.05) is 66.2 Å². The van der Waals surface area contributed by atoms with E-state index in [-0.39, 0.29) is 58.4 Å². The molecule has 164 valence electrons. The maximum absolute atomic E-state index is 11.1. The van der Waals surface area contributed by atoms with E-state index in [4.69, 9.17) is 0 Å². The summed E-state index contributed by atoms with van der Waals surface area (Å²) in [6.45, 7) is 8.09. The van der Waals surface area contributed by atoms with E-state index < -0.39 is 31.5 Å². The predicted octanol–water partition coefficient (Wildman–Crippen LogP) is 2.29. The first-order valence-electron chi connectivity index (χ1n) is 9.44. The molecule has 0 saturated heterocycles. The summed E-state index contributed by atoms with van der Waals surface area (Å²) in [4.78, 5) is 44.3. The van der Waals surface area contributed by atoms with E-state index in [2.05, 4.69) is 38.3 Å². The van der Waals surface area contributed by atoms with E-state index in [9.17, 15) is 19.6 Å². The second-order valence-corrected chi connectivity index (χ2v) is 21.8. The molecule has 0 aliphatic carbocycles. The Balaban J connectivity index is -0.000000120. The second kappa shape index (κ2) is 26.6. The third-order valence-electron chi connectivity index (χ3n) is 3.77. The largest absolute Gasteiger partial charge is 2.00 e. The van der Waals surface area contributed by atoms with Gasteiger partial charge in [0.25, 0.3) is 0 Å². The molecule has 2 atom stereocenters. The molecular formula is C16H36O4P2S4Zn3. The van der Waals surface area contributed by atoms with Crippen LogP contribution in [0, 0.1) is 0 Å². The average molecular weight is 679 g/mol. The monoisotopic (exact) mass is 674 g/mol. The van der Waals surface area contributed by atoms with Gasteiger partial charge in [-0.15, -0.1) is 0 Å². The summed E-state index contributed by atoms with van der Waals surface area (Å²) < 4.78 is 0. The summed E-state index contributed by atoms with van der Waals surface area (Å²) in [5, 5.41) is 0. The number of rotatable bonds is 12. The van der Waals surface area contributed by atoms with Gasteiger partial charge in [0.1, 0.15) is 0 Å². The van der Waals surface area contributed by atoms with Gasteiger partial charge < -0.3 is 55.5 Å². The van der Waals surface area contributed by atoms with Crippen LogP contribution in [0.25, 0.3) is 0 Å². The van der Waals surface area contributed by atoms with Crippen molar-refractivity contribution < 1.29 is 78.0 Å². The van der Waals surface area contributed by atoms with E-state index in [0.717, 1.165) is 37.2 Å². The fraction of sp³-hybridized carbons (Fsp3) is 1.00. The van der Waals surface area contributed by atoms with E-state index >= 15 is 0 Å². The minimum Gasteiger partial charge on any atom is -0.854 e. The summed E-state index contributed by atoms with van der Waals surface area (Å²) in [5.41, 5.74) is -6.93. The van der Waals surface area contributed by atoms with E-state index in [0.29, 0.717) is 11.5 Å². The first kappa shape index (κ1) is 43.1. The minimum atomic E-state index is -3.46. The molecule has 2 unspecified atom stereocenters. The zero-order valence-electron chi connectivity index (χ0n) is 18.8. The van der Waals surface area contributed by atoms with Crippen molar-refractivity contribution in [2.75, 3.05) is 23.0 Å². The Labute approximate surface area is 233 Å². The molecule has 29 heavy (non-hydrogen) atoms. The molecule has 0 fully saturated rings. The molecule has 13 heteroatoms. The molecule has 0 radical (unpaired) electrons. The quantitative estimate of drug-likeness (QED) is 0.136. The van der Waals surface area contributed by atoms with Crippen molar-refractivity contribution in [1.29, 1.82) is 0 Å². The number of hydrogen-bond acceptors (Lipinski definition) is 6. The standard InChI is InChI=1S/2C8H18O2PS2.3Zn/c2*1-3-5-6-7-8-13(4-2)11(9,10)12;;;/h2*3-8H2,1-2H3;;;/q2*-3;3*+2. The molecule has 0 rings (SSSR count). The third-order valence-corrected chi connectivity index (χ3v) is 18.1. The zero-order valence-corrected chi connectivity index (χ0v) is 32.7. The van der Waals surface area contributed by atoms with Gasteiger partial charge >= 0.3 is 58.4 Å². The van der Waals surface area contributed by atoms with Gasteiger partial charge in [-0.2, -0.15) is 0 Å². The Kier molecular flexibility index (Phi) is 39.5. The van der Waals surface area contributed by atoms with Gasteiger partial charge in [-0.25, -0.2) is 20.1 Å². The van der Waals surface area contributed by atoms with Crippen molar-refractivity contribution >= 4 is 56.0 Å². The van der Waals surface area contributed by atoms with Gasteiger partial charge in [0.05, 0.1) is 0 Å². The Morgan fingerprint density at radius 1 is 0.552 bits per heavy atom. The normalized spacial score (nSPS) is 13.0. The van der Waals surface area contributed by atoms with Crippen LogP contribution in [0.5, 0.6) is 0 Å². The molecule has 0 amide bonds. The summed E-state index contributed by atoms with van der Waals surface area (Å²) in [6, 6.07) is 0. The zero-order chi connectivity index (χ0) is 20.6. The second-order valence-electron chi connectivity index (χ2n) is 5.93. The van der Waals surface area contributed by atoms with Crippen LogP contribution in [0.3, 0.4) is 0 Å². The topological polar surface area (TPSA) is 92.2 Å². The van der Waals surface area contributed by atoms with E-state index in [1.54, 1.807) is 0 Å². The van der Waals surface area contributed by atoms with Gasteiger partial charge in [0.2, 0.25) is 0 Å². The predicted molar refractivity (Wildman–Crippen MR) is 122 cm³/mol. The van der Waals surface area contributed by atoms with Crippen molar-refractivity contribution in [3.05, 3.63) is 0 Å². The summed E-state index contributed by atoms with van der Waals surface area (Å²) >= 11 is 8.99. The SMILES string of the molecule is CCCCCCS(CC)=P([O-])([O-])[S-].CCCCCCS(CC)=P([O-])([O-])[S-].[Zn+2].[Zn+2].[Zn+2]. The molecule has 0 spiro atoms. The van der Waals surface area contributed by atoms with Crippen LogP contribution in [0.15, 0.2) is 0 Å². The number of hydrogen-bond donors (Lipinski definition) is 0. The molecule has 0 aliphatic rings. The first-order chi connectivity index (χ1) is 12.0. The van der Waals surface area contributed by atoms with Crippen LogP contribution < -0.4 is 19.6 Å². The van der Waals surface area contributed by atoms with Crippen molar-refractivity contribution in [3.8, 4) is 0 Å². The molecule has 0 aliphatic heterocycles. The molecule has 0 N–H and O–H groups in total. The van der Waals surface area contributed by atoms with Crippen LogP contribution >= 0.6 is 11.4 Å². The molecule has 4 nitrogen and oxygen atoms in total. The van der Waals surface area contributed by atoms with Crippen molar-refractivity contribution in [2.45, 2.75) is 79.1 Å². The van der Waals surface area contributed by atoms with Gasteiger partial charge in [0.15, 0.2) is 0 Å². The fourth-order valence-corrected chi connectivity index (χ4v) is 12.2. The maximum atomic E-state index is 11.1. The Bertz CT molecular complexity index is 417. The molecule has 0 heterocycles. The Morgan fingerprint density at radius 2 is 0.828 bits per heavy atom.